The molecule has 5 nitrogen and oxygen atoms in total. The molecule has 1 saturated heterocycles. The Morgan fingerprint density at radius 2 is 2.20 bits per heavy atom. The Labute approximate surface area is 90.6 Å². The Hall–Kier alpha value is -0.810. The maximum atomic E-state index is 10.9. The summed E-state index contributed by atoms with van der Waals surface area (Å²) in [6.45, 7) is 3.66. The van der Waals surface area contributed by atoms with Crippen LogP contribution in [-0.2, 0) is 0 Å². The molecule has 5 heteroatoms. The number of nitrogens with zero attached hydrogens (tertiary/aromatic N) is 1. The molecule has 4 N–H and O–H groups in total. The number of rotatable bonds is 4. The van der Waals surface area contributed by atoms with Crippen molar-refractivity contribution in [2.24, 2.45) is 5.73 Å². The minimum absolute atomic E-state index is 0.173. The quantitative estimate of drug-likeness (QED) is 0.612. The fourth-order valence-electron chi connectivity index (χ4n) is 1.90. The molecule has 0 aliphatic carbocycles. The van der Waals surface area contributed by atoms with Gasteiger partial charge in [-0.05, 0) is 19.3 Å². The highest BCUT2D eigenvalue weighted by Gasteiger charge is 2.22. The topological polar surface area (TPSA) is 78.6 Å². The number of amides is 2. The van der Waals surface area contributed by atoms with E-state index in [9.17, 15) is 4.79 Å². The van der Waals surface area contributed by atoms with E-state index in [1.54, 1.807) is 4.90 Å². The molecule has 0 aromatic rings. The lowest BCUT2D eigenvalue weighted by atomic mass is 10.0. The molecule has 1 rings (SSSR count). The molecule has 0 unspecified atom stereocenters. The number of aliphatic hydroxyl groups is 1. The third-order valence-electron chi connectivity index (χ3n) is 2.99. The molecule has 1 aliphatic rings. The first kappa shape index (κ1) is 12.3. The highest BCUT2D eigenvalue weighted by atomic mass is 16.3. The van der Waals surface area contributed by atoms with Gasteiger partial charge in [0.25, 0.3) is 0 Å². The van der Waals surface area contributed by atoms with Crippen molar-refractivity contribution in [3.05, 3.63) is 0 Å². The van der Waals surface area contributed by atoms with Crippen LogP contribution in [0.2, 0.25) is 0 Å². The molecule has 1 heterocycles. The van der Waals surface area contributed by atoms with Crippen LogP contribution < -0.4 is 11.1 Å². The van der Waals surface area contributed by atoms with Gasteiger partial charge in [0.2, 0.25) is 0 Å². The molecule has 0 aromatic heterocycles. The fraction of sp³-hybridized carbons (Fsp3) is 0.900. The maximum absolute atomic E-state index is 10.9. The summed E-state index contributed by atoms with van der Waals surface area (Å²) >= 11 is 0. The van der Waals surface area contributed by atoms with Crippen molar-refractivity contribution in [3.8, 4) is 0 Å². The zero-order valence-electron chi connectivity index (χ0n) is 9.28. The van der Waals surface area contributed by atoms with E-state index in [1.165, 1.54) is 0 Å². The molecule has 88 valence electrons. The number of urea groups is 1. The first-order chi connectivity index (χ1) is 7.17. The predicted octanol–water partition coefficient (Wildman–Crippen LogP) is -0.110. The van der Waals surface area contributed by atoms with Gasteiger partial charge in [0.1, 0.15) is 0 Å². The third kappa shape index (κ3) is 3.68. The highest BCUT2D eigenvalue weighted by molar-refractivity contribution is 5.72. The summed E-state index contributed by atoms with van der Waals surface area (Å²) in [4.78, 5) is 12.5. The zero-order chi connectivity index (χ0) is 11.3. The molecule has 1 fully saturated rings. The van der Waals surface area contributed by atoms with Gasteiger partial charge in [-0.15, -0.1) is 0 Å². The number of carbonyl (C=O) groups is 1. The van der Waals surface area contributed by atoms with Crippen LogP contribution in [0.4, 0.5) is 4.79 Å². The Bertz CT molecular complexity index is 199. The second-order valence-electron chi connectivity index (χ2n) is 4.05. The van der Waals surface area contributed by atoms with Crippen LogP contribution in [0.5, 0.6) is 0 Å². The van der Waals surface area contributed by atoms with E-state index >= 15 is 0 Å². The summed E-state index contributed by atoms with van der Waals surface area (Å²) in [5, 5.41) is 12.4. The molecule has 1 aliphatic heterocycles. The standard InChI is InChI=1S/C10H21N3O2/c1-2-8(7-14)12-9-3-5-13(6-4-9)10(11)15/h8-9,12,14H,2-7H2,1H3,(H2,11,15)/t8-/m1/s1. The second-order valence-corrected chi connectivity index (χ2v) is 4.05. The Kier molecular flexibility index (Phi) is 4.84. The molecule has 15 heavy (non-hydrogen) atoms. The van der Waals surface area contributed by atoms with Crippen LogP contribution in [0.15, 0.2) is 0 Å². The zero-order valence-corrected chi connectivity index (χ0v) is 9.28. The van der Waals surface area contributed by atoms with Crippen molar-refractivity contribution in [2.45, 2.75) is 38.3 Å². The van der Waals surface area contributed by atoms with E-state index in [-0.39, 0.29) is 18.7 Å². The van der Waals surface area contributed by atoms with E-state index in [1.807, 2.05) is 6.92 Å². The second kappa shape index (κ2) is 5.92. The number of nitrogens with two attached hydrogens (primary N) is 1. The summed E-state index contributed by atoms with van der Waals surface area (Å²) in [5.41, 5.74) is 5.19. The maximum Gasteiger partial charge on any atom is 0.314 e. The Morgan fingerprint density at radius 1 is 1.60 bits per heavy atom. The van der Waals surface area contributed by atoms with Crippen LogP contribution >= 0.6 is 0 Å². The first-order valence-corrected chi connectivity index (χ1v) is 5.58. The summed E-state index contributed by atoms with van der Waals surface area (Å²) in [6.07, 6.45) is 2.76. The molecule has 2 amide bonds. The molecule has 1 atom stereocenters. The average Bonchev–Trinajstić information content (AvgIpc) is 2.26. The number of likely N-dealkylation sites (tertiary alicyclic amines) is 1. The van der Waals surface area contributed by atoms with Gasteiger partial charge in [0, 0.05) is 25.2 Å². The van der Waals surface area contributed by atoms with Gasteiger partial charge in [-0.2, -0.15) is 0 Å². The minimum Gasteiger partial charge on any atom is -0.395 e. The number of primary amides is 1. The molecule has 0 aromatic carbocycles. The van der Waals surface area contributed by atoms with Crippen molar-refractivity contribution in [1.82, 2.24) is 10.2 Å². The van der Waals surface area contributed by atoms with E-state index in [2.05, 4.69) is 5.32 Å². The SMILES string of the molecule is CC[C@H](CO)NC1CCN(C(N)=O)CC1. The molecule has 0 spiro atoms. The van der Waals surface area contributed by atoms with Gasteiger partial charge < -0.3 is 21.1 Å². The molecule has 0 saturated carbocycles. The first-order valence-electron chi connectivity index (χ1n) is 5.58. The van der Waals surface area contributed by atoms with Gasteiger partial charge in [-0.25, -0.2) is 4.79 Å². The largest absolute Gasteiger partial charge is 0.395 e. The van der Waals surface area contributed by atoms with E-state index < -0.39 is 0 Å². The number of hydrogen-bond acceptors (Lipinski definition) is 3. The fourth-order valence-corrected chi connectivity index (χ4v) is 1.90. The van der Waals surface area contributed by atoms with Crippen molar-refractivity contribution >= 4 is 6.03 Å². The lowest BCUT2D eigenvalue weighted by Crippen LogP contribution is -2.49. The third-order valence-corrected chi connectivity index (χ3v) is 2.99. The van der Waals surface area contributed by atoms with Crippen molar-refractivity contribution in [3.63, 3.8) is 0 Å². The minimum atomic E-state index is -0.331. The Morgan fingerprint density at radius 3 is 2.60 bits per heavy atom. The molecule has 0 radical (unpaired) electrons. The van der Waals surface area contributed by atoms with Crippen molar-refractivity contribution in [2.75, 3.05) is 19.7 Å². The normalized spacial score (nSPS) is 20.3. The van der Waals surface area contributed by atoms with Gasteiger partial charge in [0.05, 0.1) is 6.61 Å². The van der Waals surface area contributed by atoms with Crippen molar-refractivity contribution in [1.29, 1.82) is 0 Å². The lowest BCUT2D eigenvalue weighted by Gasteiger charge is -2.33. The molecular weight excluding hydrogens is 194 g/mol. The summed E-state index contributed by atoms with van der Waals surface area (Å²) in [6, 6.07) is 0.246. The van der Waals surface area contributed by atoms with Crippen LogP contribution in [0.1, 0.15) is 26.2 Å². The van der Waals surface area contributed by atoms with Crippen LogP contribution in [-0.4, -0.2) is 47.8 Å². The number of carbonyl (C=O) groups excluding carboxylic acids is 1. The lowest BCUT2D eigenvalue weighted by molar-refractivity contribution is 0.171. The van der Waals surface area contributed by atoms with E-state index in [4.69, 9.17) is 10.8 Å². The van der Waals surface area contributed by atoms with Gasteiger partial charge >= 0.3 is 6.03 Å². The van der Waals surface area contributed by atoms with Crippen LogP contribution in [0.25, 0.3) is 0 Å². The highest BCUT2D eigenvalue weighted by Crippen LogP contribution is 2.11. The number of aliphatic hydroxyl groups excluding tert-OH is 1. The van der Waals surface area contributed by atoms with Crippen LogP contribution in [0, 0.1) is 0 Å². The molecule has 0 bridgehead atoms. The van der Waals surface area contributed by atoms with E-state index in [0.29, 0.717) is 6.04 Å². The summed E-state index contributed by atoms with van der Waals surface area (Å²) in [5.74, 6) is 0. The number of hydrogen-bond donors (Lipinski definition) is 3. The van der Waals surface area contributed by atoms with E-state index in [0.717, 1.165) is 32.4 Å². The summed E-state index contributed by atoms with van der Waals surface area (Å²) in [7, 11) is 0. The van der Waals surface area contributed by atoms with Crippen molar-refractivity contribution < 1.29 is 9.90 Å². The number of piperidine rings is 1. The average molecular weight is 215 g/mol. The monoisotopic (exact) mass is 215 g/mol. The van der Waals surface area contributed by atoms with Gasteiger partial charge in [-0.1, -0.05) is 6.92 Å². The predicted molar refractivity (Wildman–Crippen MR) is 58.5 cm³/mol. The van der Waals surface area contributed by atoms with Gasteiger partial charge in [-0.3, -0.25) is 0 Å². The Balaban J connectivity index is 2.28. The summed E-state index contributed by atoms with van der Waals surface area (Å²) < 4.78 is 0. The molecular formula is C10H21N3O2. The number of nitrogens with one attached hydrogen (secondary N) is 1. The van der Waals surface area contributed by atoms with Gasteiger partial charge in [0.15, 0.2) is 0 Å². The smallest absolute Gasteiger partial charge is 0.314 e. The van der Waals surface area contributed by atoms with Crippen LogP contribution in [0.3, 0.4) is 0 Å².